The third-order valence-corrected chi connectivity index (χ3v) is 3.67. The molecule has 1 aromatic rings. The van der Waals surface area contributed by atoms with Crippen molar-refractivity contribution in [3.8, 4) is 0 Å². The number of hydrogen-bond acceptors (Lipinski definition) is 3. The van der Waals surface area contributed by atoms with E-state index in [1.54, 1.807) is 29.2 Å². The Bertz CT molecular complexity index is 568. The predicted octanol–water partition coefficient (Wildman–Crippen LogP) is 1.44. The highest BCUT2D eigenvalue weighted by Crippen LogP contribution is 2.25. The highest BCUT2D eigenvalue weighted by molar-refractivity contribution is 5.96. The summed E-state index contributed by atoms with van der Waals surface area (Å²) in [4.78, 5) is 35.9. The summed E-state index contributed by atoms with van der Waals surface area (Å²) in [6, 6.07) is 6.57. The highest BCUT2D eigenvalue weighted by atomic mass is 16.4. The molecule has 2 N–H and O–H groups in total. The summed E-state index contributed by atoms with van der Waals surface area (Å²) in [5.41, 5.74) is 1.11. The molecule has 0 aliphatic carbocycles. The normalized spacial score (nSPS) is 21.1. The van der Waals surface area contributed by atoms with Gasteiger partial charge < -0.3 is 15.3 Å². The lowest BCUT2D eigenvalue weighted by atomic mass is 9.99. The zero-order valence-corrected chi connectivity index (χ0v) is 12.0. The molecule has 2 rings (SSSR count). The Morgan fingerprint density at radius 3 is 2.29 bits per heavy atom. The Morgan fingerprint density at radius 2 is 1.81 bits per heavy atom. The van der Waals surface area contributed by atoms with Gasteiger partial charge in [0.2, 0.25) is 5.91 Å². The Balaban J connectivity index is 2.07. The summed E-state index contributed by atoms with van der Waals surface area (Å²) in [6.45, 7) is 3.94. The number of benzene rings is 1. The second-order valence-corrected chi connectivity index (χ2v) is 5.39. The quantitative estimate of drug-likeness (QED) is 0.882. The van der Waals surface area contributed by atoms with Gasteiger partial charge in [0, 0.05) is 31.3 Å². The van der Waals surface area contributed by atoms with Gasteiger partial charge in [0.15, 0.2) is 0 Å². The Kier molecular flexibility index (Phi) is 4.26. The fourth-order valence-electron chi connectivity index (χ4n) is 2.54. The third-order valence-electron chi connectivity index (χ3n) is 3.67. The summed E-state index contributed by atoms with van der Waals surface area (Å²) in [6.07, 6.45) is 0. The maximum Gasteiger partial charge on any atom is 0.308 e. The topological polar surface area (TPSA) is 86.7 Å². The standard InChI is InChI=1S/C15H18N2O4/c1-9-7-17(8-13(9)15(20)21)14(19)11-3-5-12(6-4-11)16-10(2)18/h3-6,9,13H,7-8H2,1-2H3,(H,16,18)(H,20,21)/t9-,13-/m1/s1. The van der Waals surface area contributed by atoms with Gasteiger partial charge in [-0.1, -0.05) is 6.92 Å². The third kappa shape index (κ3) is 3.39. The molecule has 0 unspecified atom stereocenters. The van der Waals surface area contributed by atoms with Crippen LogP contribution in [0.25, 0.3) is 0 Å². The number of aliphatic carboxylic acids is 1. The molecular weight excluding hydrogens is 272 g/mol. The average Bonchev–Trinajstić information content (AvgIpc) is 2.80. The smallest absolute Gasteiger partial charge is 0.308 e. The zero-order chi connectivity index (χ0) is 15.6. The largest absolute Gasteiger partial charge is 0.481 e. The summed E-state index contributed by atoms with van der Waals surface area (Å²) in [7, 11) is 0. The number of carboxylic acids is 1. The molecule has 1 aliphatic heterocycles. The Labute approximate surface area is 122 Å². The van der Waals surface area contributed by atoms with Crippen molar-refractivity contribution in [2.24, 2.45) is 11.8 Å². The van der Waals surface area contributed by atoms with Crippen LogP contribution in [0.1, 0.15) is 24.2 Å². The molecule has 2 atom stereocenters. The molecule has 6 nitrogen and oxygen atoms in total. The van der Waals surface area contributed by atoms with E-state index in [0.717, 1.165) is 0 Å². The van der Waals surface area contributed by atoms with E-state index >= 15 is 0 Å². The van der Waals surface area contributed by atoms with Gasteiger partial charge in [-0.25, -0.2) is 0 Å². The maximum atomic E-state index is 12.3. The summed E-state index contributed by atoms with van der Waals surface area (Å²) in [5.74, 6) is -1.77. The molecule has 0 spiro atoms. The lowest BCUT2D eigenvalue weighted by Crippen LogP contribution is -2.29. The lowest BCUT2D eigenvalue weighted by Gasteiger charge is -2.16. The fourth-order valence-corrected chi connectivity index (χ4v) is 2.54. The SMILES string of the molecule is CC(=O)Nc1ccc(C(=O)N2C[C@@H](C)[C@H](C(=O)O)C2)cc1. The minimum atomic E-state index is -0.862. The van der Waals surface area contributed by atoms with Crippen molar-refractivity contribution in [1.82, 2.24) is 4.90 Å². The van der Waals surface area contributed by atoms with Gasteiger partial charge in [0.25, 0.3) is 5.91 Å². The summed E-state index contributed by atoms with van der Waals surface area (Å²) in [5, 5.41) is 11.7. The molecule has 0 saturated carbocycles. The molecule has 1 saturated heterocycles. The van der Waals surface area contributed by atoms with Crippen LogP contribution in [0.15, 0.2) is 24.3 Å². The van der Waals surface area contributed by atoms with E-state index < -0.39 is 11.9 Å². The van der Waals surface area contributed by atoms with Crippen LogP contribution in [0, 0.1) is 11.8 Å². The highest BCUT2D eigenvalue weighted by Gasteiger charge is 2.37. The number of amides is 2. The second-order valence-electron chi connectivity index (χ2n) is 5.39. The van der Waals surface area contributed by atoms with Gasteiger partial charge in [-0.15, -0.1) is 0 Å². The first-order chi connectivity index (χ1) is 9.88. The van der Waals surface area contributed by atoms with Crippen LogP contribution in [0.2, 0.25) is 0 Å². The van der Waals surface area contributed by atoms with Crippen LogP contribution in [0.5, 0.6) is 0 Å². The van der Waals surface area contributed by atoms with Crippen LogP contribution in [-0.2, 0) is 9.59 Å². The lowest BCUT2D eigenvalue weighted by molar-refractivity contribution is -0.142. The molecule has 1 fully saturated rings. The second kappa shape index (κ2) is 5.95. The Hall–Kier alpha value is -2.37. The molecular formula is C15H18N2O4. The molecule has 0 bridgehead atoms. The van der Waals surface area contributed by atoms with Gasteiger partial charge in [0.05, 0.1) is 5.92 Å². The van der Waals surface area contributed by atoms with Crippen LogP contribution in [0.4, 0.5) is 5.69 Å². The summed E-state index contributed by atoms with van der Waals surface area (Å²) < 4.78 is 0. The number of nitrogens with zero attached hydrogens (tertiary/aromatic N) is 1. The maximum absolute atomic E-state index is 12.3. The van der Waals surface area contributed by atoms with Crippen LogP contribution < -0.4 is 5.32 Å². The molecule has 2 amide bonds. The first-order valence-electron chi connectivity index (χ1n) is 6.78. The van der Waals surface area contributed by atoms with Crippen molar-refractivity contribution in [3.63, 3.8) is 0 Å². The van der Waals surface area contributed by atoms with Crippen LogP contribution >= 0.6 is 0 Å². The van der Waals surface area contributed by atoms with E-state index in [4.69, 9.17) is 5.11 Å². The van der Waals surface area contributed by atoms with Gasteiger partial charge in [0.1, 0.15) is 0 Å². The number of rotatable bonds is 3. The van der Waals surface area contributed by atoms with E-state index in [-0.39, 0.29) is 24.3 Å². The number of nitrogens with one attached hydrogen (secondary N) is 1. The molecule has 1 heterocycles. The zero-order valence-electron chi connectivity index (χ0n) is 12.0. The van der Waals surface area contributed by atoms with Crippen molar-refractivity contribution in [2.45, 2.75) is 13.8 Å². The van der Waals surface area contributed by atoms with E-state index in [2.05, 4.69) is 5.32 Å². The molecule has 6 heteroatoms. The minimum Gasteiger partial charge on any atom is -0.481 e. The van der Waals surface area contributed by atoms with Crippen molar-refractivity contribution in [2.75, 3.05) is 18.4 Å². The number of carboxylic acid groups (broad SMARTS) is 1. The minimum absolute atomic E-state index is 0.0508. The number of carbonyl (C=O) groups is 3. The van der Waals surface area contributed by atoms with E-state index in [1.807, 2.05) is 6.92 Å². The molecule has 1 aliphatic rings. The molecule has 21 heavy (non-hydrogen) atoms. The molecule has 0 aromatic heterocycles. The van der Waals surface area contributed by atoms with E-state index in [9.17, 15) is 14.4 Å². The molecule has 112 valence electrons. The number of carbonyl (C=O) groups excluding carboxylic acids is 2. The van der Waals surface area contributed by atoms with Gasteiger partial charge >= 0.3 is 5.97 Å². The van der Waals surface area contributed by atoms with Crippen molar-refractivity contribution in [1.29, 1.82) is 0 Å². The Morgan fingerprint density at radius 1 is 1.19 bits per heavy atom. The van der Waals surface area contributed by atoms with Gasteiger partial charge in [-0.2, -0.15) is 0 Å². The van der Waals surface area contributed by atoms with Crippen LogP contribution in [0.3, 0.4) is 0 Å². The molecule has 0 radical (unpaired) electrons. The molecule has 1 aromatic carbocycles. The number of anilines is 1. The van der Waals surface area contributed by atoms with Crippen molar-refractivity contribution < 1.29 is 19.5 Å². The average molecular weight is 290 g/mol. The van der Waals surface area contributed by atoms with Gasteiger partial charge in [-0.05, 0) is 30.2 Å². The van der Waals surface area contributed by atoms with Crippen molar-refractivity contribution in [3.05, 3.63) is 29.8 Å². The monoisotopic (exact) mass is 290 g/mol. The number of hydrogen-bond donors (Lipinski definition) is 2. The van der Waals surface area contributed by atoms with E-state index in [1.165, 1.54) is 6.92 Å². The van der Waals surface area contributed by atoms with Crippen molar-refractivity contribution >= 4 is 23.5 Å². The van der Waals surface area contributed by atoms with Crippen LogP contribution in [-0.4, -0.2) is 40.9 Å². The summed E-state index contributed by atoms with van der Waals surface area (Å²) >= 11 is 0. The predicted molar refractivity (Wildman–Crippen MR) is 76.9 cm³/mol. The first kappa shape index (κ1) is 15.0. The number of likely N-dealkylation sites (tertiary alicyclic amines) is 1. The fraction of sp³-hybridized carbons (Fsp3) is 0.400. The van der Waals surface area contributed by atoms with E-state index in [0.29, 0.717) is 17.8 Å². The van der Waals surface area contributed by atoms with Gasteiger partial charge in [-0.3, -0.25) is 14.4 Å². The first-order valence-corrected chi connectivity index (χ1v) is 6.78.